The minimum atomic E-state index is 0.633. The van der Waals surface area contributed by atoms with E-state index in [1.807, 2.05) is 0 Å². The molecule has 0 atom stereocenters. The van der Waals surface area contributed by atoms with Crippen LogP contribution in [-0.2, 0) is 7.05 Å². The first-order valence-corrected chi connectivity index (χ1v) is 4.17. The third-order valence-corrected chi connectivity index (χ3v) is 2.27. The zero-order chi connectivity index (χ0) is 8.59. The molecule has 0 spiro atoms. The molecule has 0 fully saturated rings. The molecule has 0 saturated carbocycles. The Balaban J connectivity index is 3.22. The highest BCUT2D eigenvalue weighted by Crippen LogP contribution is 2.21. The molecule has 1 nitrogen and oxygen atoms in total. The van der Waals surface area contributed by atoms with Crippen molar-refractivity contribution >= 4 is 0 Å². The molecule has 0 aliphatic carbocycles. The average molecular weight is 151 g/mol. The van der Waals surface area contributed by atoms with Crippen LogP contribution in [0, 0.1) is 13.8 Å². The first kappa shape index (κ1) is 8.38. The molecular formula is C10H17N. The van der Waals surface area contributed by atoms with Crippen LogP contribution in [0.5, 0.6) is 0 Å². The normalized spacial score (nSPS) is 11.1. The molecule has 0 aromatic carbocycles. The maximum atomic E-state index is 2.28. The van der Waals surface area contributed by atoms with Gasteiger partial charge in [-0.25, -0.2) is 0 Å². The summed E-state index contributed by atoms with van der Waals surface area (Å²) in [6, 6.07) is 2.25. The number of aryl methyl sites for hydroxylation is 2. The van der Waals surface area contributed by atoms with Gasteiger partial charge in [-0.3, -0.25) is 0 Å². The van der Waals surface area contributed by atoms with Crippen molar-refractivity contribution in [3.05, 3.63) is 23.0 Å². The fraction of sp³-hybridized carbons (Fsp3) is 0.600. The molecule has 1 aromatic rings. The molecule has 62 valence electrons. The van der Waals surface area contributed by atoms with Crippen LogP contribution in [0.15, 0.2) is 6.07 Å². The van der Waals surface area contributed by atoms with Crippen LogP contribution in [-0.4, -0.2) is 4.57 Å². The molecular weight excluding hydrogens is 134 g/mol. The Morgan fingerprint density at radius 1 is 1.27 bits per heavy atom. The monoisotopic (exact) mass is 151 g/mol. The van der Waals surface area contributed by atoms with Gasteiger partial charge in [-0.2, -0.15) is 0 Å². The number of rotatable bonds is 1. The molecule has 0 unspecified atom stereocenters. The Bertz CT molecular complexity index is 256. The summed E-state index contributed by atoms with van der Waals surface area (Å²) in [6.07, 6.45) is 0. The Labute approximate surface area is 69.0 Å². The van der Waals surface area contributed by atoms with E-state index >= 15 is 0 Å². The second kappa shape index (κ2) is 2.72. The smallest absolute Gasteiger partial charge is 0.0229 e. The van der Waals surface area contributed by atoms with E-state index in [-0.39, 0.29) is 0 Å². The predicted octanol–water partition coefficient (Wildman–Crippen LogP) is 2.77. The Kier molecular flexibility index (Phi) is 2.08. The van der Waals surface area contributed by atoms with Crippen molar-refractivity contribution in [3.63, 3.8) is 0 Å². The van der Waals surface area contributed by atoms with Gasteiger partial charge in [0.25, 0.3) is 0 Å². The van der Waals surface area contributed by atoms with E-state index in [1.165, 1.54) is 17.0 Å². The summed E-state index contributed by atoms with van der Waals surface area (Å²) >= 11 is 0. The largest absolute Gasteiger partial charge is 0.351 e. The number of hydrogen-bond acceptors (Lipinski definition) is 0. The molecule has 0 aliphatic heterocycles. The maximum absolute atomic E-state index is 2.28. The van der Waals surface area contributed by atoms with Crippen molar-refractivity contribution in [2.75, 3.05) is 0 Å². The Morgan fingerprint density at radius 3 is 2.00 bits per heavy atom. The third kappa shape index (κ3) is 1.32. The van der Waals surface area contributed by atoms with Gasteiger partial charge in [0.2, 0.25) is 0 Å². The van der Waals surface area contributed by atoms with Crippen LogP contribution in [0.1, 0.15) is 36.7 Å². The molecule has 0 saturated heterocycles. The first-order valence-electron chi connectivity index (χ1n) is 4.17. The summed E-state index contributed by atoms with van der Waals surface area (Å²) in [5, 5.41) is 0. The van der Waals surface area contributed by atoms with Crippen molar-refractivity contribution in [1.82, 2.24) is 4.57 Å². The minimum Gasteiger partial charge on any atom is -0.351 e. The Morgan fingerprint density at radius 2 is 1.82 bits per heavy atom. The van der Waals surface area contributed by atoms with Crippen molar-refractivity contribution in [1.29, 1.82) is 0 Å². The molecule has 1 heterocycles. The summed E-state index contributed by atoms with van der Waals surface area (Å²) in [5.41, 5.74) is 4.23. The summed E-state index contributed by atoms with van der Waals surface area (Å²) < 4.78 is 2.28. The average Bonchev–Trinajstić information content (AvgIpc) is 2.07. The molecule has 0 aliphatic rings. The SMILES string of the molecule is Cc1cc(C)n(C)c1C(C)C. The molecule has 1 aromatic heterocycles. The second-order valence-electron chi connectivity index (χ2n) is 3.57. The van der Waals surface area contributed by atoms with Crippen LogP contribution >= 0.6 is 0 Å². The molecule has 1 rings (SSSR count). The first-order chi connectivity index (χ1) is 5.04. The van der Waals surface area contributed by atoms with Gasteiger partial charge in [-0.05, 0) is 31.4 Å². The van der Waals surface area contributed by atoms with Crippen molar-refractivity contribution < 1.29 is 0 Å². The zero-order valence-electron chi connectivity index (χ0n) is 8.10. The molecule has 0 N–H and O–H groups in total. The van der Waals surface area contributed by atoms with Gasteiger partial charge in [0.15, 0.2) is 0 Å². The van der Waals surface area contributed by atoms with Crippen LogP contribution in [0.25, 0.3) is 0 Å². The number of hydrogen-bond donors (Lipinski definition) is 0. The maximum Gasteiger partial charge on any atom is 0.0229 e. The second-order valence-corrected chi connectivity index (χ2v) is 3.57. The quantitative estimate of drug-likeness (QED) is 0.581. The molecule has 0 amide bonds. The third-order valence-electron chi connectivity index (χ3n) is 2.27. The lowest BCUT2D eigenvalue weighted by Gasteiger charge is -2.09. The van der Waals surface area contributed by atoms with Gasteiger partial charge < -0.3 is 4.57 Å². The fourth-order valence-electron chi connectivity index (χ4n) is 1.78. The van der Waals surface area contributed by atoms with Crippen LogP contribution in [0.4, 0.5) is 0 Å². The van der Waals surface area contributed by atoms with Crippen LogP contribution in [0.2, 0.25) is 0 Å². The molecule has 11 heavy (non-hydrogen) atoms. The lowest BCUT2D eigenvalue weighted by Crippen LogP contribution is -2.00. The summed E-state index contributed by atoms with van der Waals surface area (Å²) in [6.45, 7) is 8.81. The lowest BCUT2D eigenvalue weighted by atomic mass is 10.1. The van der Waals surface area contributed by atoms with Gasteiger partial charge in [-0.15, -0.1) is 0 Å². The van der Waals surface area contributed by atoms with Gasteiger partial charge >= 0.3 is 0 Å². The molecule has 1 heteroatoms. The topological polar surface area (TPSA) is 4.93 Å². The number of aromatic nitrogens is 1. The van der Waals surface area contributed by atoms with Crippen LogP contribution < -0.4 is 0 Å². The van der Waals surface area contributed by atoms with Crippen molar-refractivity contribution in [3.8, 4) is 0 Å². The fourth-order valence-corrected chi connectivity index (χ4v) is 1.78. The molecule has 0 bridgehead atoms. The van der Waals surface area contributed by atoms with E-state index in [4.69, 9.17) is 0 Å². The van der Waals surface area contributed by atoms with Gasteiger partial charge in [0.1, 0.15) is 0 Å². The minimum absolute atomic E-state index is 0.633. The van der Waals surface area contributed by atoms with E-state index in [9.17, 15) is 0 Å². The van der Waals surface area contributed by atoms with E-state index in [1.54, 1.807) is 0 Å². The Hall–Kier alpha value is -0.720. The highest BCUT2D eigenvalue weighted by molar-refractivity contribution is 5.28. The van der Waals surface area contributed by atoms with Gasteiger partial charge in [-0.1, -0.05) is 13.8 Å². The van der Waals surface area contributed by atoms with Gasteiger partial charge in [0.05, 0.1) is 0 Å². The highest BCUT2D eigenvalue weighted by Gasteiger charge is 2.08. The van der Waals surface area contributed by atoms with Crippen LogP contribution in [0.3, 0.4) is 0 Å². The summed E-state index contributed by atoms with van der Waals surface area (Å²) in [5.74, 6) is 0.633. The van der Waals surface area contributed by atoms with E-state index < -0.39 is 0 Å². The summed E-state index contributed by atoms with van der Waals surface area (Å²) in [4.78, 5) is 0. The zero-order valence-corrected chi connectivity index (χ0v) is 8.10. The highest BCUT2D eigenvalue weighted by atomic mass is 15.0. The standard InChI is InChI=1S/C10H17N/c1-7(2)10-8(3)6-9(4)11(10)5/h6-7H,1-5H3. The number of nitrogens with zero attached hydrogens (tertiary/aromatic N) is 1. The molecule has 0 radical (unpaired) electrons. The predicted molar refractivity (Wildman–Crippen MR) is 49.0 cm³/mol. The van der Waals surface area contributed by atoms with E-state index in [2.05, 4.69) is 45.4 Å². The van der Waals surface area contributed by atoms with Crippen molar-refractivity contribution in [2.24, 2.45) is 7.05 Å². The van der Waals surface area contributed by atoms with E-state index in [0.29, 0.717) is 5.92 Å². The van der Waals surface area contributed by atoms with Crippen molar-refractivity contribution in [2.45, 2.75) is 33.6 Å². The lowest BCUT2D eigenvalue weighted by molar-refractivity contribution is 0.721. The van der Waals surface area contributed by atoms with E-state index in [0.717, 1.165) is 0 Å². The van der Waals surface area contributed by atoms with Gasteiger partial charge in [0, 0.05) is 18.4 Å². The summed E-state index contributed by atoms with van der Waals surface area (Å²) in [7, 11) is 2.14.